The Kier molecular flexibility index (Phi) is 9.25. The van der Waals surface area contributed by atoms with E-state index in [0.717, 1.165) is 43.1 Å². The molecule has 0 spiro atoms. The Balaban J connectivity index is 1.64. The fraction of sp³-hybridized carbons (Fsp3) is 0.462. The van der Waals surface area contributed by atoms with Gasteiger partial charge in [-0.15, -0.1) is 0 Å². The molecule has 0 aliphatic heterocycles. The normalized spacial score (nSPS) is 11.4. The summed E-state index contributed by atoms with van der Waals surface area (Å²) in [5, 5.41) is 4.41. The molecule has 0 aliphatic carbocycles. The van der Waals surface area contributed by atoms with E-state index in [4.69, 9.17) is 14.7 Å². The number of aryl methyl sites for hydroxylation is 1. The molecule has 5 heteroatoms. The van der Waals surface area contributed by atoms with Crippen LogP contribution in [-0.2, 0) is 19.5 Å². The highest BCUT2D eigenvalue weighted by Gasteiger charge is 2.10. The summed E-state index contributed by atoms with van der Waals surface area (Å²) in [5.41, 5.74) is 3.49. The van der Waals surface area contributed by atoms with E-state index in [-0.39, 0.29) is 0 Å². The second kappa shape index (κ2) is 12.4. The van der Waals surface area contributed by atoms with Crippen molar-refractivity contribution in [2.75, 3.05) is 27.2 Å². The first-order chi connectivity index (χ1) is 15.2. The van der Waals surface area contributed by atoms with Crippen molar-refractivity contribution in [1.29, 1.82) is 0 Å². The van der Waals surface area contributed by atoms with E-state index < -0.39 is 0 Å². The average Bonchev–Trinajstić information content (AvgIpc) is 2.77. The van der Waals surface area contributed by atoms with E-state index >= 15 is 0 Å². The molecule has 0 radical (unpaired) electrons. The summed E-state index contributed by atoms with van der Waals surface area (Å²) in [5.74, 6) is 1.82. The lowest BCUT2D eigenvalue weighted by Crippen LogP contribution is -2.19. The second-order valence-corrected chi connectivity index (χ2v) is 8.12. The highest BCUT2D eigenvalue weighted by molar-refractivity contribution is 5.80. The smallest absolute Gasteiger partial charge is 0.143 e. The SMILES string of the molecule is CCOc1ccc(CN(C)Cc2nc(CCCCCCNC)c3ccccc3n2)cc1. The Labute approximate surface area is 186 Å². The van der Waals surface area contributed by atoms with Gasteiger partial charge in [-0.1, -0.05) is 43.2 Å². The summed E-state index contributed by atoms with van der Waals surface area (Å²) in [4.78, 5) is 12.1. The van der Waals surface area contributed by atoms with Gasteiger partial charge in [-0.05, 0) is 70.6 Å². The molecule has 0 saturated carbocycles. The number of benzene rings is 2. The Bertz CT molecular complexity index is 926. The molecule has 3 aromatic rings. The molecule has 0 bridgehead atoms. The quantitative estimate of drug-likeness (QED) is 0.395. The van der Waals surface area contributed by atoms with E-state index in [1.54, 1.807) is 0 Å². The zero-order valence-corrected chi connectivity index (χ0v) is 19.2. The number of unbranched alkanes of at least 4 members (excludes halogenated alkanes) is 3. The number of para-hydroxylation sites is 1. The van der Waals surface area contributed by atoms with E-state index in [1.165, 1.54) is 42.3 Å². The monoisotopic (exact) mass is 420 g/mol. The van der Waals surface area contributed by atoms with Crippen LogP contribution in [0.5, 0.6) is 5.75 Å². The van der Waals surface area contributed by atoms with Crippen LogP contribution < -0.4 is 10.1 Å². The standard InChI is InChI=1S/C26H36N4O/c1-4-31-22-16-14-21(15-17-22)19-30(3)20-26-28-24(12-7-5-6-10-18-27-2)23-11-8-9-13-25(23)29-26/h8-9,11,13-17,27H,4-7,10,12,18-20H2,1-3H3. The summed E-state index contributed by atoms with van der Waals surface area (Å²) >= 11 is 0. The zero-order valence-electron chi connectivity index (χ0n) is 19.2. The van der Waals surface area contributed by atoms with Gasteiger partial charge in [0, 0.05) is 11.9 Å². The number of ether oxygens (including phenoxy) is 1. The van der Waals surface area contributed by atoms with Crippen molar-refractivity contribution < 1.29 is 4.74 Å². The molecule has 1 N–H and O–H groups in total. The average molecular weight is 421 g/mol. The van der Waals surface area contributed by atoms with Gasteiger partial charge in [0.25, 0.3) is 0 Å². The van der Waals surface area contributed by atoms with Gasteiger partial charge in [0.15, 0.2) is 0 Å². The molecular weight excluding hydrogens is 384 g/mol. The van der Waals surface area contributed by atoms with E-state index in [2.05, 4.69) is 53.7 Å². The Morgan fingerprint density at radius 3 is 2.45 bits per heavy atom. The molecule has 0 aliphatic rings. The lowest BCUT2D eigenvalue weighted by Gasteiger charge is -2.17. The van der Waals surface area contributed by atoms with E-state index in [0.29, 0.717) is 6.61 Å². The zero-order chi connectivity index (χ0) is 21.9. The molecule has 166 valence electrons. The minimum absolute atomic E-state index is 0.691. The Morgan fingerprint density at radius 2 is 1.68 bits per heavy atom. The minimum atomic E-state index is 0.691. The van der Waals surface area contributed by atoms with Crippen LogP contribution in [0.3, 0.4) is 0 Å². The van der Waals surface area contributed by atoms with Crippen LogP contribution in [0.15, 0.2) is 48.5 Å². The van der Waals surface area contributed by atoms with Gasteiger partial charge >= 0.3 is 0 Å². The maximum atomic E-state index is 5.54. The molecule has 0 atom stereocenters. The third-order valence-corrected chi connectivity index (χ3v) is 5.42. The fourth-order valence-electron chi connectivity index (χ4n) is 3.87. The van der Waals surface area contributed by atoms with Gasteiger partial charge in [0.2, 0.25) is 0 Å². The molecule has 1 aromatic heterocycles. The summed E-state index contributed by atoms with van der Waals surface area (Å²) < 4.78 is 5.54. The van der Waals surface area contributed by atoms with Gasteiger partial charge < -0.3 is 10.1 Å². The van der Waals surface area contributed by atoms with E-state index in [9.17, 15) is 0 Å². The summed E-state index contributed by atoms with van der Waals surface area (Å²) in [6.45, 7) is 5.37. The van der Waals surface area contributed by atoms with Crippen LogP contribution in [-0.4, -0.2) is 42.1 Å². The summed E-state index contributed by atoms with van der Waals surface area (Å²) in [6, 6.07) is 16.7. The lowest BCUT2D eigenvalue weighted by atomic mass is 10.1. The van der Waals surface area contributed by atoms with Gasteiger partial charge in [-0.3, -0.25) is 4.90 Å². The van der Waals surface area contributed by atoms with Gasteiger partial charge in [0.05, 0.1) is 24.4 Å². The van der Waals surface area contributed by atoms with Gasteiger partial charge in [-0.2, -0.15) is 0 Å². The molecule has 0 amide bonds. The van der Waals surface area contributed by atoms with Crippen molar-refractivity contribution in [2.45, 2.75) is 52.1 Å². The highest BCUT2D eigenvalue weighted by atomic mass is 16.5. The van der Waals surface area contributed by atoms with Crippen LogP contribution in [0.25, 0.3) is 10.9 Å². The highest BCUT2D eigenvalue weighted by Crippen LogP contribution is 2.19. The molecule has 1 heterocycles. The number of nitrogens with one attached hydrogen (secondary N) is 1. The van der Waals surface area contributed by atoms with Gasteiger partial charge in [0.1, 0.15) is 11.6 Å². The van der Waals surface area contributed by atoms with Crippen LogP contribution >= 0.6 is 0 Å². The van der Waals surface area contributed by atoms with Crippen LogP contribution in [0.1, 0.15) is 49.7 Å². The van der Waals surface area contributed by atoms with Crippen molar-refractivity contribution in [2.24, 2.45) is 0 Å². The van der Waals surface area contributed by atoms with Crippen LogP contribution in [0, 0.1) is 0 Å². The molecule has 31 heavy (non-hydrogen) atoms. The molecule has 5 nitrogen and oxygen atoms in total. The maximum Gasteiger partial charge on any atom is 0.143 e. The number of hydrogen-bond donors (Lipinski definition) is 1. The summed E-state index contributed by atoms with van der Waals surface area (Å²) in [7, 11) is 4.14. The Morgan fingerprint density at radius 1 is 0.903 bits per heavy atom. The van der Waals surface area contributed by atoms with Gasteiger partial charge in [-0.25, -0.2) is 9.97 Å². The van der Waals surface area contributed by atoms with E-state index in [1.807, 2.05) is 26.1 Å². The molecule has 3 rings (SSSR count). The number of hydrogen-bond acceptors (Lipinski definition) is 5. The van der Waals surface area contributed by atoms with Crippen molar-refractivity contribution >= 4 is 10.9 Å². The second-order valence-electron chi connectivity index (χ2n) is 8.12. The van der Waals surface area contributed by atoms with Crippen LogP contribution in [0.2, 0.25) is 0 Å². The third-order valence-electron chi connectivity index (χ3n) is 5.42. The summed E-state index contributed by atoms with van der Waals surface area (Å²) in [6.07, 6.45) is 5.93. The number of fused-ring (bicyclic) bond motifs is 1. The molecular formula is C26H36N4O. The minimum Gasteiger partial charge on any atom is -0.494 e. The largest absolute Gasteiger partial charge is 0.494 e. The van der Waals surface area contributed by atoms with Crippen molar-refractivity contribution in [3.05, 3.63) is 65.6 Å². The molecule has 0 fully saturated rings. The fourth-order valence-corrected chi connectivity index (χ4v) is 3.87. The lowest BCUT2D eigenvalue weighted by molar-refractivity contribution is 0.310. The number of rotatable bonds is 13. The first-order valence-electron chi connectivity index (χ1n) is 11.5. The van der Waals surface area contributed by atoms with Crippen molar-refractivity contribution in [1.82, 2.24) is 20.2 Å². The third kappa shape index (κ3) is 7.30. The predicted molar refractivity (Wildman–Crippen MR) is 128 cm³/mol. The predicted octanol–water partition coefficient (Wildman–Crippen LogP) is 4.98. The van der Waals surface area contributed by atoms with Crippen molar-refractivity contribution in [3.63, 3.8) is 0 Å². The topological polar surface area (TPSA) is 50.3 Å². The molecule has 2 aromatic carbocycles. The molecule has 0 unspecified atom stereocenters. The number of aromatic nitrogens is 2. The maximum absolute atomic E-state index is 5.54. The first-order valence-corrected chi connectivity index (χ1v) is 11.5. The van der Waals surface area contributed by atoms with Crippen molar-refractivity contribution in [3.8, 4) is 5.75 Å². The molecule has 0 saturated heterocycles. The first kappa shape index (κ1) is 23.2. The Hall–Kier alpha value is -2.50. The van der Waals surface area contributed by atoms with Crippen LogP contribution in [0.4, 0.5) is 0 Å². The number of nitrogens with zero attached hydrogens (tertiary/aromatic N) is 3.